The van der Waals surface area contributed by atoms with Crippen molar-refractivity contribution >= 4 is 11.6 Å². The number of pyridine rings is 1. The quantitative estimate of drug-likeness (QED) is 0.775. The van der Waals surface area contributed by atoms with Crippen LogP contribution < -0.4 is 9.47 Å². The molecule has 0 N–H and O–H groups in total. The molecule has 0 saturated heterocycles. The molecule has 0 bridgehead atoms. The van der Waals surface area contributed by atoms with Crippen molar-refractivity contribution in [3.63, 3.8) is 0 Å². The van der Waals surface area contributed by atoms with Crippen molar-refractivity contribution in [2.24, 2.45) is 0 Å². The molecule has 17 heavy (non-hydrogen) atoms. The number of ether oxygens (including phenoxy) is 2. The van der Waals surface area contributed by atoms with Crippen LogP contribution in [0.3, 0.4) is 0 Å². The second kappa shape index (κ2) is 5.06. The molecule has 0 aliphatic heterocycles. The molecule has 2 aromatic rings. The van der Waals surface area contributed by atoms with Crippen LogP contribution >= 0.6 is 11.6 Å². The molecule has 0 spiro atoms. The van der Waals surface area contributed by atoms with Crippen molar-refractivity contribution in [2.45, 2.75) is 6.92 Å². The molecule has 0 aliphatic carbocycles. The van der Waals surface area contributed by atoms with Crippen LogP contribution in [0.4, 0.5) is 0 Å². The average molecular weight is 250 g/mol. The third kappa shape index (κ3) is 2.88. The fraction of sp³-hybridized carbons (Fsp3) is 0.154. The van der Waals surface area contributed by atoms with Gasteiger partial charge < -0.3 is 9.47 Å². The average Bonchev–Trinajstić information content (AvgIpc) is 2.34. The van der Waals surface area contributed by atoms with Gasteiger partial charge in [0.1, 0.15) is 11.5 Å². The van der Waals surface area contributed by atoms with Crippen LogP contribution in [0.1, 0.15) is 5.69 Å². The Kier molecular flexibility index (Phi) is 3.49. The maximum atomic E-state index is 5.98. The molecule has 1 aromatic heterocycles. The molecule has 0 atom stereocenters. The molecular formula is C13H12ClNO2. The Labute approximate surface area is 105 Å². The summed E-state index contributed by atoms with van der Waals surface area (Å²) in [5, 5.41) is 0.362. The highest BCUT2D eigenvalue weighted by molar-refractivity contribution is 6.30. The number of halogens is 1. The van der Waals surface area contributed by atoms with Gasteiger partial charge in [-0.1, -0.05) is 11.6 Å². The van der Waals surface area contributed by atoms with E-state index < -0.39 is 0 Å². The number of aromatic nitrogens is 1. The van der Waals surface area contributed by atoms with E-state index in [1.807, 2.05) is 37.3 Å². The van der Waals surface area contributed by atoms with Crippen molar-refractivity contribution in [1.82, 2.24) is 4.98 Å². The number of rotatable bonds is 3. The number of methoxy groups -OCH3 is 1. The molecule has 4 heteroatoms. The molecule has 3 nitrogen and oxygen atoms in total. The summed E-state index contributed by atoms with van der Waals surface area (Å²) in [5.41, 5.74) is 0.858. The van der Waals surface area contributed by atoms with Gasteiger partial charge in [0.2, 0.25) is 0 Å². The van der Waals surface area contributed by atoms with Crippen molar-refractivity contribution in [3.8, 4) is 17.2 Å². The summed E-state index contributed by atoms with van der Waals surface area (Å²) >= 11 is 5.98. The van der Waals surface area contributed by atoms with E-state index in [0.717, 1.165) is 11.4 Å². The van der Waals surface area contributed by atoms with E-state index in [-0.39, 0.29) is 0 Å². The van der Waals surface area contributed by atoms with E-state index >= 15 is 0 Å². The molecule has 0 radical (unpaired) electrons. The zero-order chi connectivity index (χ0) is 12.3. The van der Waals surface area contributed by atoms with Crippen molar-refractivity contribution in [3.05, 3.63) is 47.2 Å². The number of benzene rings is 1. The van der Waals surface area contributed by atoms with Crippen molar-refractivity contribution < 1.29 is 9.47 Å². The first-order valence-electron chi connectivity index (χ1n) is 5.14. The maximum Gasteiger partial charge on any atom is 0.171 e. The molecule has 88 valence electrons. The van der Waals surface area contributed by atoms with Crippen LogP contribution in [-0.2, 0) is 0 Å². The van der Waals surface area contributed by atoms with Crippen LogP contribution in [0.5, 0.6) is 17.2 Å². The van der Waals surface area contributed by atoms with E-state index in [9.17, 15) is 0 Å². The highest BCUT2D eigenvalue weighted by Gasteiger charge is 2.04. The highest BCUT2D eigenvalue weighted by Crippen LogP contribution is 2.28. The minimum Gasteiger partial charge on any atom is -0.497 e. The van der Waals surface area contributed by atoms with Gasteiger partial charge in [-0.3, -0.25) is 0 Å². The van der Waals surface area contributed by atoms with Gasteiger partial charge in [-0.2, -0.15) is 0 Å². The SMILES string of the molecule is COc1ccc(Oc2ccc(C)nc2Cl)cc1. The standard InChI is InChI=1S/C13H12ClNO2/c1-9-3-8-12(13(14)15-9)17-11-6-4-10(16-2)5-7-11/h3-8H,1-2H3. The lowest BCUT2D eigenvalue weighted by molar-refractivity contribution is 0.413. The second-order valence-corrected chi connectivity index (χ2v) is 3.88. The van der Waals surface area contributed by atoms with Gasteiger partial charge in [0, 0.05) is 5.69 Å². The Balaban J connectivity index is 2.19. The van der Waals surface area contributed by atoms with E-state index in [4.69, 9.17) is 21.1 Å². The summed E-state index contributed by atoms with van der Waals surface area (Å²) in [7, 11) is 1.62. The summed E-state index contributed by atoms with van der Waals surface area (Å²) in [6.45, 7) is 1.88. The molecule has 1 heterocycles. The molecular weight excluding hydrogens is 238 g/mol. The van der Waals surface area contributed by atoms with Crippen LogP contribution in [0, 0.1) is 6.92 Å². The zero-order valence-electron chi connectivity index (χ0n) is 9.61. The van der Waals surface area contributed by atoms with E-state index in [1.54, 1.807) is 13.2 Å². The van der Waals surface area contributed by atoms with Gasteiger partial charge >= 0.3 is 0 Å². The molecule has 0 fully saturated rings. The van der Waals surface area contributed by atoms with Gasteiger partial charge in [0.25, 0.3) is 0 Å². The number of aryl methyl sites for hydroxylation is 1. The normalized spacial score (nSPS) is 10.1. The third-order valence-corrected chi connectivity index (χ3v) is 2.51. The smallest absolute Gasteiger partial charge is 0.171 e. The van der Waals surface area contributed by atoms with Crippen molar-refractivity contribution in [1.29, 1.82) is 0 Å². The first-order valence-corrected chi connectivity index (χ1v) is 5.52. The first kappa shape index (κ1) is 11.7. The van der Waals surface area contributed by atoms with Gasteiger partial charge in [-0.05, 0) is 43.3 Å². The first-order chi connectivity index (χ1) is 8.19. The monoisotopic (exact) mass is 249 g/mol. The highest BCUT2D eigenvalue weighted by atomic mass is 35.5. The summed E-state index contributed by atoms with van der Waals surface area (Å²) in [5.74, 6) is 2.02. The number of hydrogen-bond donors (Lipinski definition) is 0. The summed E-state index contributed by atoms with van der Waals surface area (Å²) in [6.07, 6.45) is 0. The topological polar surface area (TPSA) is 31.4 Å². The third-order valence-electron chi connectivity index (χ3n) is 2.24. The van der Waals surface area contributed by atoms with Gasteiger partial charge in [0.05, 0.1) is 7.11 Å². The molecule has 0 unspecified atom stereocenters. The predicted octanol–water partition coefficient (Wildman–Crippen LogP) is 3.84. The number of nitrogens with zero attached hydrogens (tertiary/aromatic N) is 1. The Morgan fingerprint density at radius 1 is 1.00 bits per heavy atom. The van der Waals surface area contributed by atoms with Gasteiger partial charge in [-0.25, -0.2) is 4.98 Å². The van der Waals surface area contributed by atoms with E-state index in [2.05, 4.69) is 4.98 Å². The lowest BCUT2D eigenvalue weighted by Gasteiger charge is -2.08. The molecule has 2 rings (SSSR count). The Hall–Kier alpha value is -1.74. The molecule has 0 saturated carbocycles. The summed E-state index contributed by atoms with van der Waals surface area (Å²) in [4.78, 5) is 4.12. The van der Waals surface area contributed by atoms with Crippen LogP contribution in [0.25, 0.3) is 0 Å². The fourth-order valence-corrected chi connectivity index (χ4v) is 1.59. The Morgan fingerprint density at radius 2 is 1.65 bits per heavy atom. The van der Waals surface area contributed by atoms with Crippen LogP contribution in [0.15, 0.2) is 36.4 Å². The minimum absolute atomic E-state index is 0.362. The Bertz CT molecular complexity index is 511. The van der Waals surface area contributed by atoms with E-state index in [1.165, 1.54) is 0 Å². The van der Waals surface area contributed by atoms with Crippen molar-refractivity contribution in [2.75, 3.05) is 7.11 Å². The Morgan fingerprint density at radius 3 is 2.24 bits per heavy atom. The summed E-state index contributed by atoms with van der Waals surface area (Å²) in [6, 6.07) is 10.9. The largest absolute Gasteiger partial charge is 0.497 e. The molecule has 0 amide bonds. The lowest BCUT2D eigenvalue weighted by atomic mass is 10.3. The van der Waals surface area contributed by atoms with Gasteiger partial charge in [0.15, 0.2) is 10.9 Å². The number of hydrogen-bond acceptors (Lipinski definition) is 3. The maximum absolute atomic E-state index is 5.98. The fourth-order valence-electron chi connectivity index (χ4n) is 1.36. The predicted molar refractivity (Wildman–Crippen MR) is 67.1 cm³/mol. The zero-order valence-corrected chi connectivity index (χ0v) is 10.4. The van der Waals surface area contributed by atoms with Crippen LogP contribution in [-0.4, -0.2) is 12.1 Å². The van der Waals surface area contributed by atoms with Gasteiger partial charge in [-0.15, -0.1) is 0 Å². The second-order valence-electron chi connectivity index (χ2n) is 3.52. The molecule has 1 aromatic carbocycles. The van der Waals surface area contributed by atoms with E-state index in [0.29, 0.717) is 16.7 Å². The summed E-state index contributed by atoms with van der Waals surface area (Å²) < 4.78 is 10.7. The van der Waals surface area contributed by atoms with Crippen LogP contribution in [0.2, 0.25) is 5.15 Å². The minimum atomic E-state index is 0.362. The molecule has 0 aliphatic rings. The lowest BCUT2D eigenvalue weighted by Crippen LogP contribution is -1.89.